The van der Waals surface area contributed by atoms with Crippen LogP contribution >= 0.6 is 0 Å². The molecule has 0 aliphatic carbocycles. The van der Waals surface area contributed by atoms with Gasteiger partial charge in [-0.2, -0.15) is 7.05 Å². The summed E-state index contributed by atoms with van der Waals surface area (Å²) in [6.45, 7) is 2.92. The second kappa shape index (κ2) is 4.78. The van der Waals surface area contributed by atoms with Crippen molar-refractivity contribution < 1.29 is 10.1 Å². The number of benzene rings is 1. The van der Waals surface area contributed by atoms with E-state index >= 15 is 0 Å². The van der Waals surface area contributed by atoms with E-state index < -0.39 is 0 Å². The van der Waals surface area contributed by atoms with Gasteiger partial charge in [-0.05, 0) is 19.1 Å². The van der Waals surface area contributed by atoms with Crippen molar-refractivity contribution in [3.05, 3.63) is 37.4 Å². The molecule has 12 heavy (non-hydrogen) atoms. The standard InChI is InChI=1S/C10H15NO/c1-9(8-11-2)12-10-6-4-3-5-7-10/h3-7,9H,2,8,11H2,1H3. The van der Waals surface area contributed by atoms with Gasteiger partial charge in [0.05, 0.1) is 6.54 Å². The SMILES string of the molecule is [CH2-][NH2+]CC(C)Oc1ccccc1. The topological polar surface area (TPSA) is 25.8 Å². The van der Waals surface area contributed by atoms with E-state index in [1.54, 1.807) is 0 Å². The Labute approximate surface area is 73.6 Å². The maximum Gasteiger partial charge on any atom is 0.142 e. The molecule has 0 spiro atoms. The Morgan fingerprint density at radius 3 is 2.67 bits per heavy atom. The molecule has 1 aromatic carbocycles. The summed E-state index contributed by atoms with van der Waals surface area (Å²) < 4.78 is 5.58. The second-order valence-electron chi connectivity index (χ2n) is 2.77. The quantitative estimate of drug-likeness (QED) is 0.656. The highest BCUT2D eigenvalue weighted by Crippen LogP contribution is 2.09. The van der Waals surface area contributed by atoms with Crippen molar-refractivity contribution in [1.82, 2.24) is 0 Å². The maximum atomic E-state index is 5.58. The van der Waals surface area contributed by atoms with Crippen LogP contribution in [0.25, 0.3) is 0 Å². The average molecular weight is 165 g/mol. The third-order valence-electron chi connectivity index (χ3n) is 1.58. The Morgan fingerprint density at radius 2 is 2.08 bits per heavy atom. The normalized spacial score (nSPS) is 12.5. The predicted molar refractivity (Wildman–Crippen MR) is 48.7 cm³/mol. The lowest BCUT2D eigenvalue weighted by molar-refractivity contribution is -0.601. The third-order valence-corrected chi connectivity index (χ3v) is 1.58. The summed E-state index contributed by atoms with van der Waals surface area (Å²) >= 11 is 0. The van der Waals surface area contributed by atoms with E-state index in [1.165, 1.54) is 0 Å². The fourth-order valence-electron chi connectivity index (χ4n) is 1.01. The van der Waals surface area contributed by atoms with Gasteiger partial charge in [0.2, 0.25) is 0 Å². The van der Waals surface area contributed by atoms with Crippen LogP contribution in [0.15, 0.2) is 30.3 Å². The van der Waals surface area contributed by atoms with Crippen molar-refractivity contribution >= 4 is 0 Å². The van der Waals surface area contributed by atoms with Crippen molar-refractivity contribution in [2.24, 2.45) is 0 Å². The number of quaternary nitrogens is 1. The fourth-order valence-corrected chi connectivity index (χ4v) is 1.01. The molecule has 0 heterocycles. The molecule has 0 aliphatic heterocycles. The van der Waals surface area contributed by atoms with E-state index in [1.807, 2.05) is 42.6 Å². The lowest BCUT2D eigenvalue weighted by Crippen LogP contribution is -2.79. The van der Waals surface area contributed by atoms with Gasteiger partial charge in [-0.1, -0.05) is 18.2 Å². The van der Waals surface area contributed by atoms with Gasteiger partial charge < -0.3 is 10.1 Å². The predicted octanol–water partition coefficient (Wildman–Crippen LogP) is 0.809. The van der Waals surface area contributed by atoms with Crippen LogP contribution in [0.1, 0.15) is 6.92 Å². The Balaban J connectivity index is 2.41. The second-order valence-corrected chi connectivity index (χ2v) is 2.77. The van der Waals surface area contributed by atoms with Crippen LogP contribution in [0.4, 0.5) is 0 Å². The van der Waals surface area contributed by atoms with Gasteiger partial charge in [0.1, 0.15) is 11.9 Å². The van der Waals surface area contributed by atoms with Crippen molar-refractivity contribution in [3.63, 3.8) is 0 Å². The zero-order chi connectivity index (χ0) is 8.81. The van der Waals surface area contributed by atoms with Crippen LogP contribution in [0.2, 0.25) is 0 Å². The van der Waals surface area contributed by atoms with Crippen molar-refractivity contribution in [2.75, 3.05) is 6.54 Å². The molecular weight excluding hydrogens is 150 g/mol. The molecule has 0 aromatic heterocycles. The smallest absolute Gasteiger partial charge is 0.142 e. The molecule has 1 aromatic rings. The highest BCUT2D eigenvalue weighted by molar-refractivity contribution is 5.21. The monoisotopic (exact) mass is 165 g/mol. The minimum absolute atomic E-state index is 0.213. The molecule has 2 heteroatoms. The molecule has 0 amide bonds. The first-order chi connectivity index (χ1) is 5.83. The number of rotatable bonds is 4. The van der Waals surface area contributed by atoms with Crippen LogP contribution in [-0.4, -0.2) is 12.6 Å². The van der Waals surface area contributed by atoms with Crippen molar-refractivity contribution in [3.8, 4) is 5.75 Å². The van der Waals surface area contributed by atoms with Gasteiger partial charge >= 0.3 is 0 Å². The van der Waals surface area contributed by atoms with Gasteiger partial charge in [0.15, 0.2) is 0 Å². The maximum absolute atomic E-state index is 5.58. The lowest BCUT2D eigenvalue weighted by Gasteiger charge is -2.13. The lowest BCUT2D eigenvalue weighted by atomic mass is 10.3. The Morgan fingerprint density at radius 1 is 1.42 bits per heavy atom. The molecule has 1 unspecified atom stereocenters. The van der Waals surface area contributed by atoms with Gasteiger partial charge in [0.25, 0.3) is 0 Å². The largest absolute Gasteiger partial charge is 0.485 e. The number of para-hydroxylation sites is 1. The van der Waals surface area contributed by atoms with Gasteiger partial charge in [-0.3, -0.25) is 0 Å². The van der Waals surface area contributed by atoms with Crippen LogP contribution in [-0.2, 0) is 0 Å². The van der Waals surface area contributed by atoms with Crippen LogP contribution in [0.3, 0.4) is 0 Å². The molecule has 1 rings (SSSR count). The van der Waals surface area contributed by atoms with Gasteiger partial charge in [0, 0.05) is 0 Å². The summed E-state index contributed by atoms with van der Waals surface area (Å²) in [7, 11) is 3.66. The van der Waals surface area contributed by atoms with Gasteiger partial charge in [-0.25, -0.2) is 0 Å². The highest BCUT2D eigenvalue weighted by atomic mass is 16.5. The zero-order valence-electron chi connectivity index (χ0n) is 7.36. The van der Waals surface area contributed by atoms with Gasteiger partial charge in [-0.15, -0.1) is 0 Å². The average Bonchev–Trinajstić information content (AvgIpc) is 2.06. The Hall–Kier alpha value is -1.02. The van der Waals surface area contributed by atoms with Crippen molar-refractivity contribution in [1.29, 1.82) is 0 Å². The minimum Gasteiger partial charge on any atom is -0.485 e. The molecule has 0 bridgehead atoms. The zero-order valence-corrected chi connectivity index (χ0v) is 7.36. The summed E-state index contributed by atoms with van der Waals surface area (Å²) in [5.41, 5.74) is 0. The van der Waals surface area contributed by atoms with E-state index in [0.717, 1.165) is 12.3 Å². The molecule has 2 N–H and O–H groups in total. The molecule has 66 valence electrons. The molecule has 0 saturated heterocycles. The van der Waals surface area contributed by atoms with Crippen LogP contribution in [0.5, 0.6) is 5.75 Å². The first-order valence-corrected chi connectivity index (χ1v) is 4.15. The van der Waals surface area contributed by atoms with Crippen LogP contribution < -0.4 is 10.1 Å². The first kappa shape index (κ1) is 9.07. The Kier molecular flexibility index (Phi) is 3.61. The van der Waals surface area contributed by atoms with E-state index in [4.69, 9.17) is 4.74 Å². The summed E-state index contributed by atoms with van der Waals surface area (Å²) in [4.78, 5) is 0. The van der Waals surface area contributed by atoms with Crippen LogP contribution in [0, 0.1) is 7.05 Å². The highest BCUT2D eigenvalue weighted by Gasteiger charge is 2.01. The fraction of sp³-hybridized carbons (Fsp3) is 0.300. The van der Waals surface area contributed by atoms with Crippen molar-refractivity contribution in [2.45, 2.75) is 13.0 Å². The molecule has 2 nitrogen and oxygen atoms in total. The molecule has 0 aliphatic rings. The summed E-state index contributed by atoms with van der Waals surface area (Å²) in [5, 5.41) is 1.87. The number of hydrogen-bond donors (Lipinski definition) is 1. The summed E-state index contributed by atoms with van der Waals surface area (Å²) in [6.07, 6.45) is 0.213. The minimum atomic E-state index is 0.213. The first-order valence-electron chi connectivity index (χ1n) is 4.15. The molecule has 1 atom stereocenters. The number of hydrogen-bond acceptors (Lipinski definition) is 1. The Bertz CT molecular complexity index is 210. The van der Waals surface area contributed by atoms with E-state index in [0.29, 0.717) is 0 Å². The van der Waals surface area contributed by atoms with E-state index in [-0.39, 0.29) is 6.10 Å². The molecule has 0 radical (unpaired) electrons. The molecule has 0 fully saturated rings. The van der Waals surface area contributed by atoms with E-state index in [9.17, 15) is 0 Å². The number of nitrogens with two attached hydrogens (primary N) is 1. The number of ether oxygens (including phenoxy) is 1. The molecule has 0 saturated carbocycles. The molecular formula is C10H15NO. The third kappa shape index (κ3) is 2.93. The summed E-state index contributed by atoms with van der Waals surface area (Å²) in [6, 6.07) is 9.83. The van der Waals surface area contributed by atoms with E-state index in [2.05, 4.69) is 7.05 Å². The summed E-state index contributed by atoms with van der Waals surface area (Å²) in [5.74, 6) is 0.923.